The normalized spacial score (nSPS) is 12.8. The summed E-state index contributed by atoms with van der Waals surface area (Å²) in [5, 5.41) is 8.70. The van der Waals surface area contributed by atoms with Crippen LogP contribution in [0, 0.1) is 6.92 Å². The van der Waals surface area contributed by atoms with E-state index in [9.17, 15) is 4.79 Å². The van der Waals surface area contributed by atoms with Gasteiger partial charge in [0.2, 0.25) is 0 Å². The van der Waals surface area contributed by atoms with Crippen LogP contribution in [-0.4, -0.2) is 20.5 Å². The average Bonchev–Trinajstić information content (AvgIpc) is 2.76. The summed E-state index contributed by atoms with van der Waals surface area (Å²) in [6.07, 6.45) is 0. The van der Waals surface area contributed by atoms with Crippen molar-refractivity contribution in [3.8, 4) is 5.69 Å². The highest BCUT2D eigenvalue weighted by atomic mass is 35.5. The molecule has 5 nitrogen and oxygen atoms in total. The molecule has 1 aliphatic heterocycles. The highest BCUT2D eigenvalue weighted by Crippen LogP contribution is 2.26. The van der Waals surface area contributed by atoms with Gasteiger partial charge >= 0.3 is 0 Å². The van der Waals surface area contributed by atoms with Gasteiger partial charge in [0.1, 0.15) is 12.2 Å². The van der Waals surface area contributed by atoms with Gasteiger partial charge in [-0.1, -0.05) is 41.9 Å². The number of hydrogen-bond donors (Lipinski definition) is 0. The van der Waals surface area contributed by atoms with E-state index in [0.717, 1.165) is 22.5 Å². The second-order valence-electron chi connectivity index (χ2n) is 5.53. The van der Waals surface area contributed by atoms with E-state index in [4.69, 9.17) is 11.6 Å². The molecule has 0 N–H and O–H groups in total. The van der Waals surface area contributed by atoms with E-state index in [2.05, 4.69) is 15.2 Å². The van der Waals surface area contributed by atoms with Gasteiger partial charge in [-0.3, -0.25) is 14.4 Å². The minimum atomic E-state index is -0.187. The molecule has 0 bridgehead atoms. The summed E-state index contributed by atoms with van der Waals surface area (Å²) in [7, 11) is 0. The Kier molecular flexibility index (Phi) is 3.50. The molecule has 2 heterocycles. The Morgan fingerprint density at radius 3 is 2.67 bits per heavy atom. The van der Waals surface area contributed by atoms with Crippen LogP contribution < -0.4 is 5.56 Å². The number of aryl methyl sites for hydroxylation is 1. The van der Waals surface area contributed by atoms with E-state index in [0.29, 0.717) is 16.5 Å². The van der Waals surface area contributed by atoms with Crippen molar-refractivity contribution in [1.29, 1.82) is 0 Å². The molecule has 0 saturated heterocycles. The minimum absolute atomic E-state index is 0.187. The quantitative estimate of drug-likeness (QED) is 0.686. The van der Waals surface area contributed by atoms with Crippen LogP contribution in [0.25, 0.3) is 5.69 Å². The summed E-state index contributed by atoms with van der Waals surface area (Å²) < 4.78 is 1.58. The number of benzene rings is 2. The predicted octanol–water partition coefficient (Wildman–Crippen LogP) is 2.94. The van der Waals surface area contributed by atoms with Crippen LogP contribution in [0.5, 0.6) is 0 Å². The third-order valence-corrected chi connectivity index (χ3v) is 4.20. The molecule has 2 aromatic carbocycles. The first-order valence-electron chi connectivity index (χ1n) is 7.50. The Morgan fingerprint density at radius 1 is 1.08 bits per heavy atom. The van der Waals surface area contributed by atoms with Crippen LogP contribution in [0.4, 0.5) is 0 Å². The predicted molar refractivity (Wildman–Crippen MR) is 93.2 cm³/mol. The van der Waals surface area contributed by atoms with Crippen molar-refractivity contribution in [2.24, 2.45) is 4.99 Å². The van der Waals surface area contributed by atoms with Gasteiger partial charge in [-0.15, -0.1) is 10.2 Å². The van der Waals surface area contributed by atoms with Gasteiger partial charge in [0.25, 0.3) is 5.56 Å². The molecule has 1 aromatic heterocycles. The number of hydrogen-bond acceptors (Lipinski definition) is 4. The van der Waals surface area contributed by atoms with Crippen molar-refractivity contribution in [3.63, 3.8) is 0 Å². The highest BCUT2D eigenvalue weighted by molar-refractivity contribution is 6.31. The second kappa shape index (κ2) is 5.69. The lowest BCUT2D eigenvalue weighted by atomic mass is 10.0. The molecule has 0 unspecified atom stereocenters. The lowest BCUT2D eigenvalue weighted by Crippen LogP contribution is -2.27. The van der Waals surface area contributed by atoms with Gasteiger partial charge in [0.15, 0.2) is 5.82 Å². The van der Waals surface area contributed by atoms with Crippen LogP contribution >= 0.6 is 11.6 Å². The Hall–Kier alpha value is -2.79. The SMILES string of the molecule is Cc1nnc2n(c1=O)-c1ccc(Cl)cc1C(c1ccccc1)=NC2. The van der Waals surface area contributed by atoms with Crippen molar-refractivity contribution in [1.82, 2.24) is 14.8 Å². The molecule has 0 atom stereocenters. The van der Waals surface area contributed by atoms with Crippen LogP contribution in [0.15, 0.2) is 58.3 Å². The van der Waals surface area contributed by atoms with Crippen LogP contribution in [0.3, 0.4) is 0 Å². The summed E-state index contributed by atoms with van der Waals surface area (Å²) >= 11 is 6.21. The summed E-state index contributed by atoms with van der Waals surface area (Å²) in [4.78, 5) is 17.3. The lowest BCUT2D eigenvalue weighted by molar-refractivity contribution is 0.731. The number of aromatic nitrogens is 3. The molecular formula is C18H13ClN4O. The van der Waals surface area contributed by atoms with Crippen LogP contribution in [-0.2, 0) is 6.54 Å². The Bertz CT molecular complexity index is 1020. The number of fused-ring (bicyclic) bond motifs is 3. The lowest BCUT2D eigenvalue weighted by Gasteiger charge is -2.13. The first-order valence-corrected chi connectivity index (χ1v) is 7.88. The van der Waals surface area contributed by atoms with Crippen LogP contribution in [0.2, 0.25) is 5.02 Å². The maximum absolute atomic E-state index is 12.6. The zero-order chi connectivity index (χ0) is 16.7. The summed E-state index contributed by atoms with van der Waals surface area (Å²) in [5.41, 5.74) is 3.44. The third-order valence-electron chi connectivity index (χ3n) is 3.97. The van der Waals surface area contributed by atoms with E-state index < -0.39 is 0 Å². The molecule has 0 aliphatic carbocycles. The molecule has 0 spiro atoms. The van der Waals surface area contributed by atoms with Gasteiger partial charge in [-0.2, -0.15) is 0 Å². The largest absolute Gasteiger partial charge is 0.279 e. The van der Waals surface area contributed by atoms with Gasteiger partial charge in [0, 0.05) is 16.1 Å². The van der Waals surface area contributed by atoms with Crippen molar-refractivity contribution >= 4 is 17.3 Å². The average molecular weight is 337 g/mol. The molecule has 0 amide bonds. The highest BCUT2D eigenvalue weighted by Gasteiger charge is 2.21. The van der Waals surface area contributed by atoms with E-state index in [1.165, 1.54) is 0 Å². The van der Waals surface area contributed by atoms with Crippen molar-refractivity contribution < 1.29 is 0 Å². The van der Waals surface area contributed by atoms with Crippen molar-refractivity contribution in [2.45, 2.75) is 13.5 Å². The molecule has 118 valence electrons. The van der Waals surface area contributed by atoms with Gasteiger partial charge in [-0.05, 0) is 25.1 Å². The zero-order valence-electron chi connectivity index (χ0n) is 12.9. The Labute approximate surface area is 143 Å². The number of nitrogens with zero attached hydrogens (tertiary/aromatic N) is 4. The fraction of sp³-hybridized carbons (Fsp3) is 0.111. The third kappa shape index (κ3) is 2.34. The van der Waals surface area contributed by atoms with Gasteiger partial charge in [0.05, 0.1) is 11.4 Å². The number of halogens is 1. The molecule has 0 saturated carbocycles. The first kappa shape index (κ1) is 14.8. The summed E-state index contributed by atoms with van der Waals surface area (Å²) in [6, 6.07) is 15.3. The van der Waals surface area contributed by atoms with Gasteiger partial charge in [-0.25, -0.2) is 0 Å². The molecule has 3 aromatic rings. The monoisotopic (exact) mass is 336 g/mol. The molecule has 6 heteroatoms. The van der Waals surface area contributed by atoms with Gasteiger partial charge < -0.3 is 0 Å². The second-order valence-corrected chi connectivity index (χ2v) is 5.97. The van der Waals surface area contributed by atoms with Crippen molar-refractivity contribution in [2.75, 3.05) is 0 Å². The summed E-state index contributed by atoms with van der Waals surface area (Å²) in [5.74, 6) is 0.514. The Morgan fingerprint density at radius 2 is 1.88 bits per heavy atom. The fourth-order valence-electron chi connectivity index (χ4n) is 2.82. The van der Waals surface area contributed by atoms with E-state index in [1.807, 2.05) is 42.5 Å². The van der Waals surface area contributed by atoms with Crippen molar-refractivity contribution in [3.05, 3.63) is 86.6 Å². The van der Waals surface area contributed by atoms with E-state index >= 15 is 0 Å². The maximum atomic E-state index is 12.6. The Balaban J connectivity index is 2.06. The molecule has 0 fully saturated rings. The molecular weight excluding hydrogens is 324 g/mol. The topological polar surface area (TPSA) is 60.1 Å². The molecule has 24 heavy (non-hydrogen) atoms. The minimum Gasteiger partial charge on any atom is -0.276 e. The standard InChI is InChI=1S/C18H13ClN4O/c1-11-18(24)23-15-8-7-13(19)9-14(15)17(12-5-3-2-4-6-12)20-10-16(23)22-21-11/h2-9H,10H2,1H3. The molecule has 0 radical (unpaired) electrons. The number of rotatable bonds is 1. The number of aliphatic imine (C=N–C) groups is 1. The fourth-order valence-corrected chi connectivity index (χ4v) is 2.99. The first-order chi connectivity index (χ1) is 11.6. The zero-order valence-corrected chi connectivity index (χ0v) is 13.7. The van der Waals surface area contributed by atoms with Crippen LogP contribution in [0.1, 0.15) is 22.6 Å². The molecule has 4 rings (SSSR count). The van der Waals surface area contributed by atoms with E-state index in [-0.39, 0.29) is 12.1 Å². The summed E-state index contributed by atoms with van der Waals surface area (Å²) in [6.45, 7) is 1.93. The van der Waals surface area contributed by atoms with E-state index in [1.54, 1.807) is 17.6 Å². The smallest absolute Gasteiger partial charge is 0.276 e. The maximum Gasteiger partial charge on any atom is 0.279 e. The molecule has 1 aliphatic rings.